The van der Waals surface area contributed by atoms with Crippen molar-refractivity contribution >= 4 is 5.91 Å². The maximum atomic E-state index is 12.8. The Morgan fingerprint density at radius 1 is 0.900 bits per heavy atom. The average molecular weight is 276 g/mol. The average Bonchev–Trinajstić information content (AvgIpc) is 2.40. The SMILES string of the molecule is NC1CCCCC1NC(=O)C1C2CC3CC(C2)CC1C3. The first kappa shape index (κ1) is 13.1. The van der Waals surface area contributed by atoms with Gasteiger partial charge in [0.2, 0.25) is 5.91 Å². The van der Waals surface area contributed by atoms with E-state index in [1.165, 1.54) is 44.9 Å². The van der Waals surface area contributed by atoms with Gasteiger partial charge in [-0.1, -0.05) is 12.8 Å². The van der Waals surface area contributed by atoms with E-state index in [2.05, 4.69) is 5.32 Å². The molecule has 20 heavy (non-hydrogen) atoms. The number of nitrogens with one attached hydrogen (secondary N) is 1. The first-order valence-electron chi connectivity index (χ1n) is 8.76. The third kappa shape index (κ3) is 2.18. The topological polar surface area (TPSA) is 55.1 Å². The van der Waals surface area contributed by atoms with Crippen molar-refractivity contribution in [1.82, 2.24) is 5.32 Å². The molecule has 3 nitrogen and oxygen atoms in total. The first-order valence-corrected chi connectivity index (χ1v) is 8.76. The molecule has 0 aromatic carbocycles. The molecule has 5 fully saturated rings. The van der Waals surface area contributed by atoms with Gasteiger partial charge in [-0.05, 0) is 68.6 Å². The van der Waals surface area contributed by atoms with Gasteiger partial charge in [0.15, 0.2) is 0 Å². The molecule has 1 amide bonds. The van der Waals surface area contributed by atoms with Crippen molar-refractivity contribution in [2.24, 2.45) is 35.3 Å². The van der Waals surface area contributed by atoms with Crippen LogP contribution in [0.15, 0.2) is 0 Å². The summed E-state index contributed by atoms with van der Waals surface area (Å²) in [7, 11) is 0. The molecule has 0 aromatic rings. The monoisotopic (exact) mass is 276 g/mol. The summed E-state index contributed by atoms with van der Waals surface area (Å²) in [6, 6.07) is 0.429. The van der Waals surface area contributed by atoms with Crippen molar-refractivity contribution in [3.05, 3.63) is 0 Å². The number of rotatable bonds is 2. The molecule has 5 aliphatic rings. The molecule has 3 N–H and O–H groups in total. The molecular formula is C17H28N2O. The fraction of sp³-hybridized carbons (Fsp3) is 0.941. The third-order valence-electron chi connectivity index (χ3n) is 6.68. The van der Waals surface area contributed by atoms with Gasteiger partial charge in [0.25, 0.3) is 0 Å². The van der Waals surface area contributed by atoms with E-state index in [-0.39, 0.29) is 12.1 Å². The zero-order valence-corrected chi connectivity index (χ0v) is 12.4. The summed E-state index contributed by atoms with van der Waals surface area (Å²) in [6.45, 7) is 0. The number of carbonyl (C=O) groups is 1. The molecular weight excluding hydrogens is 248 g/mol. The number of hydrogen-bond donors (Lipinski definition) is 2. The van der Waals surface area contributed by atoms with Crippen molar-refractivity contribution < 1.29 is 4.79 Å². The molecule has 0 heterocycles. The minimum absolute atomic E-state index is 0.185. The minimum atomic E-state index is 0.185. The zero-order chi connectivity index (χ0) is 13.7. The van der Waals surface area contributed by atoms with Crippen LogP contribution in [0.5, 0.6) is 0 Å². The van der Waals surface area contributed by atoms with Crippen LogP contribution in [0.2, 0.25) is 0 Å². The van der Waals surface area contributed by atoms with Gasteiger partial charge in [0, 0.05) is 18.0 Å². The third-order valence-corrected chi connectivity index (χ3v) is 6.68. The highest BCUT2D eigenvalue weighted by Gasteiger charge is 2.51. The molecule has 0 radical (unpaired) electrons. The Bertz CT molecular complexity index is 366. The highest BCUT2D eigenvalue weighted by Crippen LogP contribution is 2.56. The van der Waals surface area contributed by atoms with Crippen molar-refractivity contribution in [3.8, 4) is 0 Å². The zero-order valence-electron chi connectivity index (χ0n) is 12.4. The molecule has 3 heteroatoms. The predicted molar refractivity (Wildman–Crippen MR) is 78.9 cm³/mol. The van der Waals surface area contributed by atoms with Gasteiger partial charge in [-0.25, -0.2) is 0 Å². The second-order valence-corrected chi connectivity index (χ2v) is 8.02. The largest absolute Gasteiger partial charge is 0.352 e. The van der Waals surface area contributed by atoms with Crippen LogP contribution >= 0.6 is 0 Å². The van der Waals surface area contributed by atoms with Gasteiger partial charge in [0.1, 0.15) is 0 Å². The molecule has 2 unspecified atom stereocenters. The van der Waals surface area contributed by atoms with Crippen LogP contribution in [0.25, 0.3) is 0 Å². The second-order valence-electron chi connectivity index (χ2n) is 8.02. The Kier molecular flexibility index (Phi) is 3.29. The van der Waals surface area contributed by atoms with Crippen LogP contribution in [0.1, 0.15) is 57.8 Å². The maximum Gasteiger partial charge on any atom is 0.223 e. The minimum Gasteiger partial charge on any atom is -0.352 e. The molecule has 112 valence electrons. The summed E-state index contributed by atoms with van der Waals surface area (Å²) in [6.07, 6.45) is 11.3. The lowest BCUT2D eigenvalue weighted by Crippen LogP contribution is -2.56. The fourth-order valence-corrected chi connectivity index (χ4v) is 5.97. The Hall–Kier alpha value is -0.570. The van der Waals surface area contributed by atoms with Gasteiger partial charge in [-0.2, -0.15) is 0 Å². The van der Waals surface area contributed by atoms with E-state index < -0.39 is 0 Å². The standard InChI is InChI=1S/C17H28N2O/c18-14-3-1-2-4-15(14)19-17(20)16-12-6-10-5-11(8-12)9-13(16)7-10/h10-16H,1-9,18H2,(H,19,20). The summed E-state index contributed by atoms with van der Waals surface area (Å²) in [5.41, 5.74) is 6.19. The summed E-state index contributed by atoms with van der Waals surface area (Å²) < 4.78 is 0. The van der Waals surface area contributed by atoms with Crippen LogP contribution in [-0.4, -0.2) is 18.0 Å². The molecule has 5 rings (SSSR count). The van der Waals surface area contributed by atoms with E-state index in [1.807, 2.05) is 0 Å². The number of carbonyl (C=O) groups excluding carboxylic acids is 1. The molecule has 5 aliphatic carbocycles. The normalized spacial score (nSPS) is 50.1. The maximum absolute atomic E-state index is 12.8. The Labute approximate surface area is 122 Å². The van der Waals surface area contributed by atoms with Crippen LogP contribution in [0.3, 0.4) is 0 Å². The van der Waals surface area contributed by atoms with E-state index in [0.717, 1.165) is 24.7 Å². The van der Waals surface area contributed by atoms with Crippen LogP contribution in [0.4, 0.5) is 0 Å². The lowest BCUT2D eigenvalue weighted by atomic mass is 9.51. The number of amides is 1. The fourth-order valence-electron chi connectivity index (χ4n) is 5.97. The lowest BCUT2D eigenvalue weighted by Gasteiger charge is -2.54. The summed E-state index contributed by atoms with van der Waals surface area (Å²) in [5.74, 6) is 3.92. The van der Waals surface area contributed by atoms with Crippen molar-refractivity contribution in [2.75, 3.05) is 0 Å². The molecule has 0 aliphatic heterocycles. The van der Waals surface area contributed by atoms with Crippen LogP contribution < -0.4 is 11.1 Å². The van der Waals surface area contributed by atoms with E-state index in [4.69, 9.17) is 5.73 Å². The quantitative estimate of drug-likeness (QED) is 0.814. The molecule has 2 atom stereocenters. The van der Waals surface area contributed by atoms with Crippen molar-refractivity contribution in [1.29, 1.82) is 0 Å². The van der Waals surface area contributed by atoms with Gasteiger partial charge < -0.3 is 11.1 Å². The highest BCUT2D eigenvalue weighted by atomic mass is 16.2. The first-order chi connectivity index (χ1) is 9.70. The van der Waals surface area contributed by atoms with Gasteiger partial charge in [-0.3, -0.25) is 4.79 Å². The van der Waals surface area contributed by atoms with Gasteiger partial charge >= 0.3 is 0 Å². The van der Waals surface area contributed by atoms with E-state index >= 15 is 0 Å². The van der Waals surface area contributed by atoms with Gasteiger partial charge in [-0.15, -0.1) is 0 Å². The molecule has 0 saturated heterocycles. The smallest absolute Gasteiger partial charge is 0.223 e. The lowest BCUT2D eigenvalue weighted by molar-refractivity contribution is -0.139. The Morgan fingerprint density at radius 3 is 2.10 bits per heavy atom. The number of hydrogen-bond acceptors (Lipinski definition) is 2. The van der Waals surface area contributed by atoms with Crippen LogP contribution in [0, 0.1) is 29.6 Å². The second kappa shape index (κ2) is 5.01. The molecule has 4 bridgehead atoms. The summed E-state index contributed by atoms with van der Waals surface area (Å²) >= 11 is 0. The van der Waals surface area contributed by atoms with Crippen LogP contribution in [-0.2, 0) is 4.79 Å². The highest BCUT2D eigenvalue weighted by molar-refractivity contribution is 5.80. The summed E-state index contributed by atoms with van der Waals surface area (Å²) in [4.78, 5) is 12.8. The Balaban J connectivity index is 1.43. The predicted octanol–water partition coefficient (Wildman–Crippen LogP) is 2.44. The van der Waals surface area contributed by atoms with Crippen molar-refractivity contribution in [2.45, 2.75) is 69.9 Å². The van der Waals surface area contributed by atoms with E-state index in [1.54, 1.807) is 0 Å². The molecule has 0 spiro atoms. The molecule has 5 saturated carbocycles. The molecule has 0 aromatic heterocycles. The summed E-state index contributed by atoms with van der Waals surface area (Å²) in [5, 5.41) is 3.33. The number of nitrogens with two attached hydrogens (primary N) is 1. The van der Waals surface area contributed by atoms with E-state index in [0.29, 0.717) is 23.7 Å². The Morgan fingerprint density at radius 2 is 1.50 bits per heavy atom. The van der Waals surface area contributed by atoms with Crippen molar-refractivity contribution in [3.63, 3.8) is 0 Å². The van der Waals surface area contributed by atoms with Gasteiger partial charge in [0.05, 0.1) is 0 Å². The van der Waals surface area contributed by atoms with E-state index in [9.17, 15) is 4.79 Å².